The number of fused-ring (bicyclic) bond motifs is 2. The number of ether oxygens (including phenoxy) is 3. The van der Waals surface area contributed by atoms with Crippen molar-refractivity contribution in [1.82, 2.24) is 39.9 Å². The maximum absolute atomic E-state index is 11.1. The number of β-amino-alcohol motifs (C(OH)–C–C–N with tert-alkyl or cyclic N) is 1. The van der Waals surface area contributed by atoms with Gasteiger partial charge in [-0.2, -0.15) is 0 Å². The summed E-state index contributed by atoms with van der Waals surface area (Å²) < 4.78 is 18.4. The number of carboxylic acids is 1. The second kappa shape index (κ2) is 19.2. The first-order valence-electron chi connectivity index (χ1n) is 21.6. The highest BCUT2D eigenvalue weighted by Crippen LogP contribution is 2.36. The molecule has 6 aromatic rings. The molecule has 2 saturated carbocycles. The Morgan fingerprint density at radius 2 is 1.26 bits per heavy atom. The number of morpholine rings is 1. The highest BCUT2D eigenvalue weighted by Gasteiger charge is 2.28. The molecule has 2 saturated heterocycles. The maximum Gasteiger partial charge on any atom is 0.354 e. The number of benzene rings is 2. The largest absolute Gasteiger partial charge is 0.488 e. The van der Waals surface area contributed by atoms with Crippen LogP contribution in [0.4, 0.5) is 17.2 Å². The first kappa shape index (κ1) is 41.0. The molecule has 10 rings (SSSR count). The molecule has 2 aliphatic heterocycles. The molecule has 17 nitrogen and oxygen atoms in total. The van der Waals surface area contributed by atoms with Crippen LogP contribution in [0, 0.1) is 5.92 Å². The van der Waals surface area contributed by atoms with Crippen LogP contribution < -0.4 is 24.6 Å². The summed E-state index contributed by atoms with van der Waals surface area (Å²) in [7, 11) is 0. The first-order valence-corrected chi connectivity index (χ1v) is 21.6. The molecule has 3 N–H and O–H groups in total. The number of aromatic carboxylic acids is 1. The summed E-state index contributed by atoms with van der Waals surface area (Å²) >= 11 is 0. The molecule has 0 bridgehead atoms. The zero-order chi connectivity index (χ0) is 42.3. The third-order valence-corrected chi connectivity index (χ3v) is 12.0. The fraction of sp³-hybridized carbons (Fsp3) is 0.444. The maximum atomic E-state index is 11.1. The number of rotatable bonds is 11. The smallest absolute Gasteiger partial charge is 0.354 e. The molecule has 322 valence electrons. The van der Waals surface area contributed by atoms with E-state index in [4.69, 9.17) is 19.3 Å². The van der Waals surface area contributed by atoms with Crippen molar-refractivity contribution in [1.29, 1.82) is 0 Å². The minimum Gasteiger partial charge on any atom is -0.488 e. The number of nitrogens with zero attached hydrogens (tertiary/aromatic N) is 10. The molecule has 6 heterocycles. The van der Waals surface area contributed by atoms with Gasteiger partial charge in [-0.25, -0.2) is 34.7 Å². The van der Waals surface area contributed by atoms with E-state index in [1.54, 1.807) is 24.8 Å². The van der Waals surface area contributed by atoms with Gasteiger partial charge in [0.2, 0.25) is 0 Å². The summed E-state index contributed by atoms with van der Waals surface area (Å²) in [5, 5.41) is 22.1. The number of carboxylic acid groups (broad SMARTS) is 1. The number of nitrogens with one attached hydrogen (secondary N) is 1. The van der Waals surface area contributed by atoms with Crippen LogP contribution in [-0.2, 0) is 11.2 Å². The number of hydrogen-bond acceptors (Lipinski definition) is 16. The average molecular weight is 842 g/mol. The Labute approximate surface area is 359 Å². The fourth-order valence-electron chi connectivity index (χ4n) is 8.68. The average Bonchev–Trinajstić information content (AvgIpc) is 3.30. The predicted octanol–water partition coefficient (Wildman–Crippen LogP) is 5.54. The van der Waals surface area contributed by atoms with Crippen molar-refractivity contribution in [2.24, 2.45) is 5.92 Å². The normalized spacial score (nSPS) is 21.7. The molecule has 2 aromatic carbocycles. The van der Waals surface area contributed by atoms with Crippen LogP contribution in [0.3, 0.4) is 0 Å². The molecule has 4 aliphatic rings. The molecule has 62 heavy (non-hydrogen) atoms. The van der Waals surface area contributed by atoms with E-state index in [0.717, 1.165) is 122 Å². The zero-order valence-corrected chi connectivity index (χ0v) is 34.5. The molecule has 4 aromatic heterocycles. The zero-order valence-electron chi connectivity index (χ0n) is 34.5. The van der Waals surface area contributed by atoms with Gasteiger partial charge in [0.1, 0.15) is 40.5 Å². The lowest BCUT2D eigenvalue weighted by molar-refractivity contribution is 0.0690. The molecular formula is C45H51N11O6. The number of carbonyl (C=O) groups is 1. The number of aliphatic hydroxyl groups excluding tert-OH is 1. The van der Waals surface area contributed by atoms with Gasteiger partial charge in [-0.15, -0.1) is 0 Å². The topological polar surface area (TPSA) is 207 Å². The monoisotopic (exact) mass is 841 g/mol. The summed E-state index contributed by atoms with van der Waals surface area (Å²) in [6.45, 7) is 4.41. The number of anilines is 3. The van der Waals surface area contributed by atoms with Crippen LogP contribution in [0.15, 0.2) is 79.9 Å². The molecule has 0 radical (unpaired) electrons. The Hall–Kier alpha value is -6.33. The van der Waals surface area contributed by atoms with Gasteiger partial charge in [0.25, 0.3) is 0 Å². The van der Waals surface area contributed by atoms with Gasteiger partial charge in [-0.3, -0.25) is 9.97 Å². The van der Waals surface area contributed by atoms with Crippen molar-refractivity contribution in [3.63, 3.8) is 0 Å². The second-order valence-corrected chi connectivity index (χ2v) is 16.4. The standard InChI is InChI=1S/C23H26N6O4.C22H25N5O2/c30-23(31)19-13-21(27-14-26-19)28-15-1-3-17(4-2-15)33-20-12-16(29-7-9-32-10-8-29)11-18-22(20)25-6-5-24-18;28-17-13-27(14-17)16-11-19-22(26-9-8-23-19)20(12-16)29-18-4-2-15(3-5-18)10-21-24-6-1-7-25-21/h5-6,11-15,17H,1-4,7-10H2,(H,30,31)(H,26,27,28);1,6-9,11-12,15,17-18,28H,2-5,10,13-14H2. The van der Waals surface area contributed by atoms with Gasteiger partial charge in [-0.1, -0.05) is 0 Å². The van der Waals surface area contributed by atoms with E-state index in [9.17, 15) is 9.90 Å². The van der Waals surface area contributed by atoms with Crippen LogP contribution in [0.2, 0.25) is 0 Å². The van der Waals surface area contributed by atoms with Gasteiger partial charge in [-0.05, 0) is 75.5 Å². The molecular weight excluding hydrogens is 791 g/mol. The number of hydrogen-bond donors (Lipinski definition) is 3. The van der Waals surface area contributed by atoms with Crippen molar-refractivity contribution in [3.8, 4) is 11.5 Å². The van der Waals surface area contributed by atoms with Gasteiger partial charge in [0.15, 0.2) is 5.69 Å². The Kier molecular flexibility index (Phi) is 12.7. The summed E-state index contributed by atoms with van der Waals surface area (Å²) in [5.41, 5.74) is 5.33. The first-order chi connectivity index (χ1) is 30.4. The van der Waals surface area contributed by atoms with E-state index in [1.165, 1.54) is 12.4 Å². The van der Waals surface area contributed by atoms with E-state index in [-0.39, 0.29) is 30.0 Å². The van der Waals surface area contributed by atoms with E-state index >= 15 is 0 Å². The van der Waals surface area contributed by atoms with Crippen LogP contribution in [0.1, 0.15) is 67.7 Å². The predicted molar refractivity (Wildman–Crippen MR) is 232 cm³/mol. The quantitative estimate of drug-likeness (QED) is 0.146. The summed E-state index contributed by atoms with van der Waals surface area (Å²) in [6, 6.07) is 11.7. The minimum atomic E-state index is -1.06. The van der Waals surface area contributed by atoms with Gasteiger partial charge in [0.05, 0.1) is 42.6 Å². The minimum absolute atomic E-state index is 0.0161. The van der Waals surface area contributed by atoms with Crippen LogP contribution in [0.25, 0.3) is 22.1 Å². The summed E-state index contributed by atoms with van der Waals surface area (Å²) in [5.74, 6) is 2.57. The molecule has 0 amide bonds. The SMILES string of the molecule is O=C(O)c1cc(NC2CCC(Oc3cc(N4CCOCC4)cc4nccnc34)CC2)ncn1.OC1CN(c2cc(OC3CCC(Cc4ncccn4)CC3)c3nccnc3c2)C1. The van der Waals surface area contributed by atoms with E-state index in [1.807, 2.05) is 30.6 Å². The van der Waals surface area contributed by atoms with Gasteiger partial charge in [0, 0.05) is 105 Å². The van der Waals surface area contributed by atoms with Gasteiger partial charge >= 0.3 is 5.97 Å². The summed E-state index contributed by atoms with van der Waals surface area (Å²) in [6.07, 6.45) is 20.5. The van der Waals surface area contributed by atoms with Crippen molar-refractivity contribution in [3.05, 3.63) is 91.4 Å². The van der Waals surface area contributed by atoms with Crippen molar-refractivity contribution in [2.75, 3.05) is 54.5 Å². The Bertz CT molecular complexity index is 2440. The lowest BCUT2D eigenvalue weighted by Crippen LogP contribution is -2.50. The van der Waals surface area contributed by atoms with Gasteiger partial charge < -0.3 is 39.5 Å². The lowest BCUT2D eigenvalue weighted by Gasteiger charge is -2.38. The molecule has 0 unspecified atom stereocenters. The fourth-order valence-corrected chi connectivity index (χ4v) is 8.68. The third kappa shape index (κ3) is 10.1. The lowest BCUT2D eigenvalue weighted by atomic mass is 9.85. The highest BCUT2D eigenvalue weighted by atomic mass is 16.5. The van der Waals surface area contributed by atoms with Crippen molar-refractivity contribution < 1.29 is 29.2 Å². The third-order valence-electron chi connectivity index (χ3n) is 12.0. The molecule has 17 heteroatoms. The van der Waals surface area contributed by atoms with Crippen molar-refractivity contribution >= 4 is 45.2 Å². The number of aliphatic hydroxyl groups is 1. The highest BCUT2D eigenvalue weighted by molar-refractivity contribution is 5.87. The molecule has 2 aliphatic carbocycles. The molecule has 0 atom stereocenters. The molecule has 4 fully saturated rings. The Balaban J connectivity index is 0.000000159. The Morgan fingerprint density at radius 3 is 1.85 bits per heavy atom. The van der Waals surface area contributed by atoms with Crippen LogP contribution >= 0.6 is 0 Å². The van der Waals surface area contributed by atoms with E-state index < -0.39 is 5.97 Å². The molecule has 0 spiro atoms. The number of aromatic nitrogens is 8. The Morgan fingerprint density at radius 1 is 0.677 bits per heavy atom. The van der Waals surface area contributed by atoms with Crippen LogP contribution in [-0.4, -0.2) is 120 Å². The van der Waals surface area contributed by atoms with E-state index in [0.29, 0.717) is 38.0 Å². The second-order valence-electron chi connectivity index (χ2n) is 16.4. The van der Waals surface area contributed by atoms with Crippen LogP contribution in [0.5, 0.6) is 11.5 Å². The van der Waals surface area contributed by atoms with E-state index in [2.05, 4.69) is 67.1 Å². The van der Waals surface area contributed by atoms with Crippen molar-refractivity contribution in [2.45, 2.75) is 82.1 Å². The summed E-state index contributed by atoms with van der Waals surface area (Å²) in [4.78, 5) is 50.2.